The average Bonchev–Trinajstić information content (AvgIpc) is 3.44. The normalized spacial score (nSPS) is 15.5. The molecule has 0 radical (unpaired) electrons. The number of ether oxygens (including phenoxy) is 3. The third-order valence-corrected chi connectivity index (χ3v) is 8.59. The first-order chi connectivity index (χ1) is 21.7. The summed E-state index contributed by atoms with van der Waals surface area (Å²) in [5, 5.41) is 0.586. The Hall–Kier alpha value is -4.46. The van der Waals surface area contributed by atoms with Gasteiger partial charge in [-0.3, -0.25) is 9.59 Å². The highest BCUT2D eigenvalue weighted by molar-refractivity contribution is 6.30. The minimum atomic E-state index is -1.71. The number of benzene rings is 3. The summed E-state index contributed by atoms with van der Waals surface area (Å²) in [5.74, 6) is -0.466. The van der Waals surface area contributed by atoms with Crippen molar-refractivity contribution in [2.24, 2.45) is 5.41 Å². The molecule has 1 aliphatic rings. The van der Waals surface area contributed by atoms with Gasteiger partial charge in [0.25, 0.3) is 0 Å². The standard InChI is InChI=1S/C37H35ClO7/c1-23(39)15-20-28(24-11-7-5-8-12-24)29-21-37(35(40)43-3,36(41)44-4)22-30-31(29)32(34(45-30)25-13-9-6-10-14-25)33(42-2)26-16-18-27(38)19-17-26/h5-14,16-19,33H,15,20-22H2,1-4H3/b29-28+/t33-/m1/s1. The minimum Gasteiger partial charge on any atom is -0.468 e. The van der Waals surface area contributed by atoms with Gasteiger partial charge in [-0.15, -0.1) is 0 Å². The molecule has 232 valence electrons. The molecule has 0 spiro atoms. The Morgan fingerprint density at radius 2 is 1.42 bits per heavy atom. The topological polar surface area (TPSA) is 92.0 Å². The Bertz CT molecular complexity index is 1700. The fourth-order valence-electron chi connectivity index (χ4n) is 6.22. The Morgan fingerprint density at radius 1 is 0.822 bits per heavy atom. The van der Waals surface area contributed by atoms with E-state index in [9.17, 15) is 14.4 Å². The van der Waals surface area contributed by atoms with Crippen molar-refractivity contribution in [3.8, 4) is 11.3 Å². The quantitative estimate of drug-likeness (QED) is 0.130. The molecular formula is C37H35ClO7. The van der Waals surface area contributed by atoms with Crippen molar-refractivity contribution in [3.05, 3.63) is 118 Å². The molecule has 0 saturated heterocycles. The van der Waals surface area contributed by atoms with Gasteiger partial charge >= 0.3 is 11.9 Å². The van der Waals surface area contributed by atoms with Gasteiger partial charge in [-0.25, -0.2) is 0 Å². The van der Waals surface area contributed by atoms with Crippen LogP contribution >= 0.6 is 11.6 Å². The summed E-state index contributed by atoms with van der Waals surface area (Å²) >= 11 is 6.26. The molecule has 7 nitrogen and oxygen atoms in total. The molecule has 0 bridgehead atoms. The SMILES string of the molecule is COC(=O)C1(C(=O)OC)C/C(=C(/CCC(C)=O)c2ccccc2)c2c(oc(-c3ccccc3)c2[C@H](OC)c2ccc(Cl)cc2)C1. The summed E-state index contributed by atoms with van der Waals surface area (Å²) < 4.78 is 23.4. The number of Topliss-reactive ketones (excluding diaryl/α,β-unsaturated/α-hetero) is 1. The molecule has 0 unspecified atom stereocenters. The molecule has 0 saturated carbocycles. The molecule has 5 rings (SSSR count). The number of furan rings is 1. The van der Waals surface area contributed by atoms with E-state index in [1.807, 2.05) is 72.8 Å². The molecule has 0 aliphatic heterocycles. The molecule has 0 fully saturated rings. The number of rotatable bonds is 10. The van der Waals surface area contributed by atoms with Crippen molar-refractivity contribution in [2.75, 3.05) is 21.3 Å². The first kappa shape index (κ1) is 31.9. The van der Waals surface area contributed by atoms with Crippen LogP contribution in [-0.2, 0) is 35.0 Å². The number of hydrogen-bond donors (Lipinski definition) is 0. The molecule has 1 aromatic heterocycles. The Morgan fingerprint density at radius 3 is 1.98 bits per heavy atom. The zero-order valence-corrected chi connectivity index (χ0v) is 26.5. The lowest BCUT2D eigenvalue weighted by molar-refractivity contribution is -0.169. The van der Waals surface area contributed by atoms with E-state index in [-0.39, 0.29) is 25.0 Å². The van der Waals surface area contributed by atoms with Crippen molar-refractivity contribution in [3.63, 3.8) is 0 Å². The summed E-state index contributed by atoms with van der Waals surface area (Å²) in [6.07, 6.45) is -0.0866. The number of esters is 2. The van der Waals surface area contributed by atoms with Crippen LogP contribution in [0.3, 0.4) is 0 Å². The molecule has 8 heteroatoms. The van der Waals surface area contributed by atoms with Crippen molar-refractivity contribution < 1.29 is 33.0 Å². The number of allylic oxidation sites excluding steroid dienone is 2. The predicted octanol–water partition coefficient (Wildman–Crippen LogP) is 7.89. The van der Waals surface area contributed by atoms with Gasteiger partial charge in [-0.05, 0) is 47.8 Å². The summed E-state index contributed by atoms with van der Waals surface area (Å²) in [6, 6.07) is 26.7. The van der Waals surface area contributed by atoms with Crippen LogP contribution in [0.15, 0.2) is 89.3 Å². The van der Waals surface area contributed by atoms with Gasteiger partial charge in [0.1, 0.15) is 23.4 Å². The summed E-state index contributed by atoms with van der Waals surface area (Å²) in [5.41, 5.74) is 3.77. The lowest BCUT2D eigenvalue weighted by Gasteiger charge is -2.34. The number of methoxy groups -OCH3 is 3. The molecule has 45 heavy (non-hydrogen) atoms. The fourth-order valence-corrected chi connectivity index (χ4v) is 6.34. The first-order valence-corrected chi connectivity index (χ1v) is 15.0. The van der Waals surface area contributed by atoms with Gasteiger partial charge in [0.05, 0.1) is 14.2 Å². The largest absolute Gasteiger partial charge is 0.468 e. The average molecular weight is 627 g/mol. The molecule has 0 N–H and O–H groups in total. The Balaban J connectivity index is 1.92. The van der Waals surface area contributed by atoms with Crippen LogP contribution in [0.4, 0.5) is 0 Å². The lowest BCUT2D eigenvalue weighted by atomic mass is 9.68. The van der Waals surface area contributed by atoms with Crippen LogP contribution in [0, 0.1) is 5.41 Å². The van der Waals surface area contributed by atoms with E-state index in [1.54, 1.807) is 26.2 Å². The van der Waals surface area contributed by atoms with Crippen LogP contribution in [0.1, 0.15) is 60.3 Å². The summed E-state index contributed by atoms with van der Waals surface area (Å²) in [7, 11) is 4.13. The Labute approximate surface area is 267 Å². The summed E-state index contributed by atoms with van der Waals surface area (Å²) in [6.45, 7) is 1.55. The molecule has 1 heterocycles. The van der Waals surface area contributed by atoms with Gasteiger partial charge in [0.15, 0.2) is 5.41 Å². The highest BCUT2D eigenvalue weighted by atomic mass is 35.5. The van der Waals surface area contributed by atoms with Crippen LogP contribution in [0.2, 0.25) is 5.02 Å². The van der Waals surface area contributed by atoms with Crippen LogP contribution in [0.25, 0.3) is 22.5 Å². The highest BCUT2D eigenvalue weighted by Crippen LogP contribution is 2.53. The minimum absolute atomic E-state index is 0.0144. The monoisotopic (exact) mass is 626 g/mol. The van der Waals surface area contributed by atoms with E-state index in [0.29, 0.717) is 28.5 Å². The van der Waals surface area contributed by atoms with Gasteiger partial charge in [-0.1, -0.05) is 84.4 Å². The second kappa shape index (κ2) is 13.7. The van der Waals surface area contributed by atoms with E-state index in [1.165, 1.54) is 14.2 Å². The van der Waals surface area contributed by atoms with Gasteiger partial charge in [0, 0.05) is 48.1 Å². The number of ketones is 1. The van der Waals surface area contributed by atoms with Gasteiger partial charge < -0.3 is 23.4 Å². The number of fused-ring (bicyclic) bond motifs is 1. The van der Waals surface area contributed by atoms with Crippen molar-refractivity contribution in [1.82, 2.24) is 0 Å². The highest BCUT2D eigenvalue weighted by Gasteiger charge is 2.54. The molecule has 1 atom stereocenters. The molecule has 4 aromatic rings. The molecule has 0 amide bonds. The number of carbonyl (C=O) groups excluding carboxylic acids is 3. The van der Waals surface area contributed by atoms with E-state index >= 15 is 0 Å². The second-order valence-corrected chi connectivity index (χ2v) is 11.6. The van der Waals surface area contributed by atoms with Crippen molar-refractivity contribution in [1.29, 1.82) is 0 Å². The fraction of sp³-hybridized carbons (Fsp3) is 0.270. The molecular weight excluding hydrogens is 592 g/mol. The molecule has 1 aliphatic carbocycles. The van der Waals surface area contributed by atoms with Crippen LogP contribution in [-0.4, -0.2) is 39.1 Å². The van der Waals surface area contributed by atoms with Gasteiger partial charge in [0.2, 0.25) is 0 Å². The summed E-state index contributed by atoms with van der Waals surface area (Å²) in [4.78, 5) is 39.5. The predicted molar refractivity (Wildman–Crippen MR) is 172 cm³/mol. The van der Waals surface area contributed by atoms with Crippen LogP contribution < -0.4 is 0 Å². The van der Waals surface area contributed by atoms with E-state index in [2.05, 4.69) is 0 Å². The van der Waals surface area contributed by atoms with E-state index in [0.717, 1.165) is 33.4 Å². The second-order valence-electron chi connectivity index (χ2n) is 11.1. The van der Waals surface area contributed by atoms with Crippen molar-refractivity contribution >= 4 is 40.5 Å². The number of hydrogen-bond acceptors (Lipinski definition) is 7. The third kappa shape index (κ3) is 6.23. The van der Waals surface area contributed by atoms with E-state index in [4.69, 9.17) is 30.2 Å². The smallest absolute Gasteiger partial charge is 0.324 e. The number of halogens is 1. The maximum absolute atomic E-state index is 13.6. The first-order valence-electron chi connectivity index (χ1n) is 14.7. The third-order valence-electron chi connectivity index (χ3n) is 8.33. The van der Waals surface area contributed by atoms with Crippen molar-refractivity contribution in [2.45, 2.75) is 38.7 Å². The Kier molecular flexibility index (Phi) is 9.71. The van der Waals surface area contributed by atoms with Gasteiger partial charge in [-0.2, -0.15) is 0 Å². The maximum Gasteiger partial charge on any atom is 0.324 e. The molecule has 3 aromatic carbocycles. The van der Waals surface area contributed by atoms with E-state index < -0.39 is 23.5 Å². The van der Waals surface area contributed by atoms with Crippen LogP contribution in [0.5, 0.6) is 0 Å². The zero-order valence-electron chi connectivity index (χ0n) is 25.7. The number of carbonyl (C=O) groups is 3. The maximum atomic E-state index is 13.6. The lowest BCUT2D eigenvalue weighted by Crippen LogP contribution is -2.45. The zero-order chi connectivity index (χ0) is 32.1.